The Hall–Kier alpha value is -0.510. The highest BCUT2D eigenvalue weighted by molar-refractivity contribution is 7.99. The molecular weight excluding hydrogens is 264 g/mol. The van der Waals surface area contributed by atoms with Crippen molar-refractivity contribution in [3.8, 4) is 0 Å². The number of hydrogen-bond acceptors (Lipinski definition) is 3. The van der Waals surface area contributed by atoms with E-state index >= 15 is 0 Å². The highest BCUT2D eigenvalue weighted by Crippen LogP contribution is 2.23. The lowest BCUT2D eigenvalue weighted by Gasteiger charge is -2.22. The summed E-state index contributed by atoms with van der Waals surface area (Å²) >= 11 is 1.90. The number of rotatable bonds is 10. The number of hydrazine groups is 1. The van der Waals surface area contributed by atoms with Crippen molar-refractivity contribution >= 4 is 11.8 Å². The highest BCUT2D eigenvalue weighted by Gasteiger charge is 2.14. The minimum absolute atomic E-state index is 0.406. The maximum atomic E-state index is 5.73. The minimum atomic E-state index is 0.406. The quantitative estimate of drug-likeness (QED) is 0.378. The first-order valence-corrected chi connectivity index (χ1v) is 8.83. The number of thioether (sulfide) groups is 1. The molecule has 2 unspecified atom stereocenters. The molecule has 0 amide bonds. The fourth-order valence-electron chi connectivity index (χ4n) is 2.40. The van der Waals surface area contributed by atoms with Gasteiger partial charge in [-0.25, -0.2) is 0 Å². The molecule has 0 spiro atoms. The van der Waals surface area contributed by atoms with Crippen molar-refractivity contribution < 1.29 is 0 Å². The van der Waals surface area contributed by atoms with E-state index in [2.05, 4.69) is 50.5 Å². The fourth-order valence-corrected chi connectivity index (χ4v) is 3.35. The smallest absolute Gasteiger partial charge is 0.0307 e. The summed E-state index contributed by atoms with van der Waals surface area (Å²) in [4.78, 5) is 1.33. The van der Waals surface area contributed by atoms with Crippen LogP contribution in [0.25, 0.3) is 0 Å². The minimum Gasteiger partial charge on any atom is -0.271 e. The summed E-state index contributed by atoms with van der Waals surface area (Å²) in [7, 11) is 0. The molecule has 3 N–H and O–H groups in total. The number of nitrogens with one attached hydrogen (secondary N) is 1. The van der Waals surface area contributed by atoms with E-state index in [1.54, 1.807) is 0 Å². The molecule has 0 aromatic heterocycles. The molecule has 0 bridgehead atoms. The Bertz CT molecular complexity index is 351. The lowest BCUT2D eigenvalue weighted by atomic mass is 9.93. The molecule has 20 heavy (non-hydrogen) atoms. The molecule has 0 aliphatic carbocycles. The van der Waals surface area contributed by atoms with E-state index < -0.39 is 0 Å². The molecule has 0 heterocycles. The predicted molar refractivity (Wildman–Crippen MR) is 90.9 cm³/mol. The van der Waals surface area contributed by atoms with Crippen LogP contribution in [0.15, 0.2) is 29.2 Å². The Morgan fingerprint density at radius 1 is 1.20 bits per heavy atom. The molecule has 0 saturated heterocycles. The summed E-state index contributed by atoms with van der Waals surface area (Å²) in [5.74, 6) is 7.57. The molecular formula is C17H30N2S. The predicted octanol–water partition coefficient (Wildman–Crippen LogP) is 4.53. The zero-order chi connectivity index (χ0) is 14.8. The Morgan fingerprint density at radius 2 is 1.90 bits per heavy atom. The van der Waals surface area contributed by atoms with Gasteiger partial charge in [-0.2, -0.15) is 0 Å². The number of aryl methyl sites for hydroxylation is 1. The van der Waals surface area contributed by atoms with Gasteiger partial charge in [0.25, 0.3) is 0 Å². The van der Waals surface area contributed by atoms with Gasteiger partial charge < -0.3 is 0 Å². The van der Waals surface area contributed by atoms with E-state index in [4.69, 9.17) is 5.84 Å². The third-order valence-electron chi connectivity index (χ3n) is 3.87. The second-order valence-corrected chi connectivity index (χ2v) is 6.73. The lowest BCUT2D eigenvalue weighted by molar-refractivity contribution is 0.367. The maximum absolute atomic E-state index is 5.73. The SMILES string of the molecule is CCCCC(CC)CC(CSc1ccc(C)cc1)NN. The van der Waals surface area contributed by atoms with Crippen molar-refractivity contribution in [2.24, 2.45) is 11.8 Å². The van der Waals surface area contributed by atoms with Gasteiger partial charge in [-0.1, -0.05) is 57.2 Å². The van der Waals surface area contributed by atoms with Gasteiger partial charge in [0.1, 0.15) is 0 Å². The van der Waals surface area contributed by atoms with E-state index in [0.29, 0.717) is 6.04 Å². The Balaban J connectivity index is 2.39. The van der Waals surface area contributed by atoms with Crippen LogP contribution in [0.2, 0.25) is 0 Å². The van der Waals surface area contributed by atoms with Crippen molar-refractivity contribution in [2.75, 3.05) is 5.75 Å². The standard InChI is InChI=1S/C17H30N2S/c1-4-6-7-15(5-2)12-16(19-18)13-20-17-10-8-14(3)9-11-17/h8-11,15-16,19H,4-7,12-13,18H2,1-3H3. The van der Waals surface area contributed by atoms with Gasteiger partial charge in [0.05, 0.1) is 0 Å². The maximum Gasteiger partial charge on any atom is 0.0307 e. The van der Waals surface area contributed by atoms with Crippen LogP contribution in [0, 0.1) is 12.8 Å². The molecule has 114 valence electrons. The third-order valence-corrected chi connectivity index (χ3v) is 5.04. The van der Waals surface area contributed by atoms with Crippen LogP contribution in [0.1, 0.15) is 51.5 Å². The van der Waals surface area contributed by atoms with E-state index in [1.165, 1.54) is 42.6 Å². The lowest BCUT2D eigenvalue weighted by Crippen LogP contribution is -2.38. The van der Waals surface area contributed by atoms with Gasteiger partial charge in [0.15, 0.2) is 0 Å². The molecule has 1 rings (SSSR count). The van der Waals surface area contributed by atoms with Gasteiger partial charge >= 0.3 is 0 Å². The Kier molecular flexibility index (Phi) is 8.99. The Morgan fingerprint density at radius 3 is 2.45 bits per heavy atom. The van der Waals surface area contributed by atoms with Crippen molar-refractivity contribution in [3.05, 3.63) is 29.8 Å². The molecule has 3 heteroatoms. The first-order chi connectivity index (χ1) is 9.69. The van der Waals surface area contributed by atoms with Gasteiger partial charge in [0, 0.05) is 16.7 Å². The summed E-state index contributed by atoms with van der Waals surface area (Å²) in [6, 6.07) is 9.14. The summed E-state index contributed by atoms with van der Waals surface area (Å²) < 4.78 is 0. The van der Waals surface area contributed by atoms with Gasteiger partial charge in [-0.15, -0.1) is 11.8 Å². The van der Waals surface area contributed by atoms with Crippen LogP contribution in [0.4, 0.5) is 0 Å². The summed E-state index contributed by atoms with van der Waals surface area (Å²) in [5.41, 5.74) is 4.32. The number of benzene rings is 1. The van der Waals surface area contributed by atoms with Gasteiger partial charge in [-0.05, 0) is 31.4 Å². The molecule has 0 aliphatic rings. The first kappa shape index (κ1) is 17.5. The van der Waals surface area contributed by atoms with E-state index in [9.17, 15) is 0 Å². The topological polar surface area (TPSA) is 38.0 Å². The average molecular weight is 295 g/mol. The molecule has 0 radical (unpaired) electrons. The molecule has 0 saturated carbocycles. The van der Waals surface area contributed by atoms with Crippen LogP contribution < -0.4 is 11.3 Å². The molecule has 1 aromatic rings. The van der Waals surface area contributed by atoms with E-state index in [1.807, 2.05) is 11.8 Å². The van der Waals surface area contributed by atoms with Gasteiger partial charge in [-0.3, -0.25) is 11.3 Å². The van der Waals surface area contributed by atoms with Crippen LogP contribution in [0.3, 0.4) is 0 Å². The molecule has 2 atom stereocenters. The van der Waals surface area contributed by atoms with E-state index in [0.717, 1.165) is 11.7 Å². The van der Waals surface area contributed by atoms with Crippen LogP contribution in [-0.4, -0.2) is 11.8 Å². The summed E-state index contributed by atoms with van der Waals surface area (Å²) in [5, 5.41) is 0. The molecule has 0 aliphatic heterocycles. The Labute approximate surface area is 128 Å². The molecule has 2 nitrogen and oxygen atoms in total. The number of hydrogen-bond donors (Lipinski definition) is 2. The van der Waals surface area contributed by atoms with Crippen molar-refractivity contribution in [3.63, 3.8) is 0 Å². The zero-order valence-corrected chi connectivity index (χ0v) is 14.0. The van der Waals surface area contributed by atoms with Gasteiger partial charge in [0.2, 0.25) is 0 Å². The third kappa shape index (κ3) is 6.78. The summed E-state index contributed by atoms with van der Waals surface area (Å²) in [6.45, 7) is 6.68. The van der Waals surface area contributed by atoms with Crippen molar-refractivity contribution in [1.29, 1.82) is 0 Å². The summed E-state index contributed by atoms with van der Waals surface area (Å²) in [6.07, 6.45) is 6.40. The van der Waals surface area contributed by atoms with Crippen LogP contribution in [-0.2, 0) is 0 Å². The zero-order valence-electron chi connectivity index (χ0n) is 13.2. The van der Waals surface area contributed by atoms with Crippen LogP contribution >= 0.6 is 11.8 Å². The fraction of sp³-hybridized carbons (Fsp3) is 0.647. The van der Waals surface area contributed by atoms with Crippen LogP contribution in [0.5, 0.6) is 0 Å². The second kappa shape index (κ2) is 10.3. The van der Waals surface area contributed by atoms with E-state index in [-0.39, 0.29) is 0 Å². The molecule has 1 aromatic carbocycles. The highest BCUT2D eigenvalue weighted by atomic mass is 32.2. The normalized spacial score (nSPS) is 14.2. The molecule has 0 fully saturated rings. The monoisotopic (exact) mass is 294 g/mol. The second-order valence-electron chi connectivity index (χ2n) is 5.64. The number of nitrogens with two attached hydrogens (primary N) is 1. The van der Waals surface area contributed by atoms with Crippen molar-refractivity contribution in [1.82, 2.24) is 5.43 Å². The number of unbranched alkanes of at least 4 members (excludes halogenated alkanes) is 1. The first-order valence-electron chi connectivity index (χ1n) is 7.85. The van der Waals surface area contributed by atoms with Crippen molar-refractivity contribution in [2.45, 2.75) is 63.8 Å². The average Bonchev–Trinajstić information content (AvgIpc) is 2.48. The largest absolute Gasteiger partial charge is 0.271 e.